The lowest BCUT2D eigenvalue weighted by Crippen LogP contribution is -2.34. The highest BCUT2D eigenvalue weighted by Crippen LogP contribution is 2.29. The molecule has 0 amide bonds. The molecule has 3 nitrogen and oxygen atoms in total. The molecule has 2 rings (SSSR count). The molecule has 0 radical (unpaired) electrons. The summed E-state index contributed by atoms with van der Waals surface area (Å²) in [5.41, 5.74) is 1.27. The molecule has 3 heteroatoms. The van der Waals surface area contributed by atoms with E-state index in [1.807, 2.05) is 18.2 Å². The lowest BCUT2D eigenvalue weighted by molar-refractivity contribution is -0.129. The topological polar surface area (TPSA) is 38.3 Å². The van der Waals surface area contributed by atoms with Crippen molar-refractivity contribution in [1.29, 1.82) is 0 Å². The predicted octanol–water partition coefficient (Wildman–Crippen LogP) is 1.94. The number of carbonyl (C=O) groups excluding carboxylic acids is 1. The summed E-state index contributed by atoms with van der Waals surface area (Å²) in [6.07, 6.45) is 2.41. The van der Waals surface area contributed by atoms with E-state index in [0.29, 0.717) is 24.9 Å². The largest absolute Gasteiger partial charge is 0.467 e. The van der Waals surface area contributed by atoms with Crippen LogP contribution in [0.3, 0.4) is 0 Å². The summed E-state index contributed by atoms with van der Waals surface area (Å²) in [7, 11) is 0. The van der Waals surface area contributed by atoms with Gasteiger partial charge in [-0.2, -0.15) is 0 Å². The third-order valence-corrected chi connectivity index (χ3v) is 3.48. The van der Waals surface area contributed by atoms with Crippen molar-refractivity contribution in [2.45, 2.75) is 18.8 Å². The van der Waals surface area contributed by atoms with Gasteiger partial charge in [0.15, 0.2) is 0 Å². The van der Waals surface area contributed by atoms with Gasteiger partial charge >= 0.3 is 0 Å². The Bertz CT molecular complexity index is 333. The second-order valence-corrected chi connectivity index (χ2v) is 4.55. The number of carbonyl (C=O) groups is 1. The van der Waals surface area contributed by atoms with Gasteiger partial charge in [0, 0.05) is 5.92 Å². The lowest BCUT2D eigenvalue weighted by Gasteiger charge is -2.30. The summed E-state index contributed by atoms with van der Waals surface area (Å²) in [6, 6.07) is 10.3. The maximum Gasteiger partial charge on any atom is 0.293 e. The van der Waals surface area contributed by atoms with E-state index in [1.165, 1.54) is 18.4 Å². The Labute approximate surface area is 102 Å². The molecule has 2 atom stereocenters. The average Bonchev–Trinajstić information content (AvgIpc) is 2.42. The van der Waals surface area contributed by atoms with Crippen molar-refractivity contribution in [3.05, 3.63) is 35.9 Å². The maximum absolute atomic E-state index is 10.4. The quantitative estimate of drug-likeness (QED) is 0.790. The van der Waals surface area contributed by atoms with Gasteiger partial charge in [0.1, 0.15) is 0 Å². The highest BCUT2D eigenvalue weighted by atomic mass is 16.5. The number of piperidine rings is 1. The Morgan fingerprint density at radius 2 is 2.24 bits per heavy atom. The molecule has 1 saturated heterocycles. The van der Waals surface area contributed by atoms with Crippen LogP contribution in [0, 0.1) is 5.92 Å². The molecule has 0 saturated carbocycles. The molecule has 1 fully saturated rings. The fourth-order valence-electron chi connectivity index (χ4n) is 2.57. The molecule has 2 unspecified atom stereocenters. The zero-order chi connectivity index (χ0) is 11.9. The second-order valence-electron chi connectivity index (χ2n) is 4.55. The predicted molar refractivity (Wildman–Crippen MR) is 66.8 cm³/mol. The Kier molecular flexibility index (Phi) is 4.56. The van der Waals surface area contributed by atoms with Crippen LogP contribution in [0.2, 0.25) is 0 Å². The van der Waals surface area contributed by atoms with Crippen molar-refractivity contribution in [2.75, 3.05) is 19.7 Å². The van der Waals surface area contributed by atoms with Gasteiger partial charge in [0.25, 0.3) is 6.47 Å². The van der Waals surface area contributed by atoms with Gasteiger partial charge < -0.3 is 10.1 Å². The SMILES string of the molecule is O=COCC(c1ccccc1)C1CCCNC1. The Morgan fingerprint density at radius 1 is 1.41 bits per heavy atom. The minimum Gasteiger partial charge on any atom is -0.467 e. The minimum atomic E-state index is 0.314. The van der Waals surface area contributed by atoms with Gasteiger partial charge in [-0.1, -0.05) is 30.3 Å². The van der Waals surface area contributed by atoms with Crippen LogP contribution in [0.1, 0.15) is 24.3 Å². The number of nitrogens with one attached hydrogen (secondary N) is 1. The summed E-state index contributed by atoms with van der Waals surface area (Å²) < 4.78 is 4.99. The van der Waals surface area contributed by atoms with E-state index in [9.17, 15) is 4.79 Å². The van der Waals surface area contributed by atoms with Crippen LogP contribution in [-0.2, 0) is 9.53 Å². The zero-order valence-corrected chi connectivity index (χ0v) is 9.97. The number of benzene rings is 1. The van der Waals surface area contributed by atoms with Crippen molar-refractivity contribution < 1.29 is 9.53 Å². The van der Waals surface area contributed by atoms with E-state index < -0.39 is 0 Å². The molecule has 1 heterocycles. The first kappa shape index (κ1) is 12.1. The summed E-state index contributed by atoms with van der Waals surface area (Å²) >= 11 is 0. The molecular weight excluding hydrogens is 214 g/mol. The number of ether oxygens (including phenoxy) is 1. The van der Waals surface area contributed by atoms with Crippen molar-refractivity contribution in [3.8, 4) is 0 Å². The van der Waals surface area contributed by atoms with E-state index in [2.05, 4.69) is 17.4 Å². The first-order valence-electron chi connectivity index (χ1n) is 6.22. The highest BCUT2D eigenvalue weighted by Gasteiger charge is 2.25. The minimum absolute atomic E-state index is 0.314. The van der Waals surface area contributed by atoms with Gasteiger partial charge in [-0.05, 0) is 37.4 Å². The Balaban J connectivity index is 2.09. The van der Waals surface area contributed by atoms with Crippen LogP contribution in [-0.4, -0.2) is 26.2 Å². The fraction of sp³-hybridized carbons (Fsp3) is 0.500. The lowest BCUT2D eigenvalue weighted by atomic mass is 9.82. The monoisotopic (exact) mass is 233 g/mol. The summed E-state index contributed by atoms with van der Waals surface area (Å²) in [6.45, 7) is 3.15. The Hall–Kier alpha value is -1.35. The molecule has 1 N–H and O–H groups in total. The molecular formula is C14H19NO2. The van der Waals surface area contributed by atoms with Gasteiger partial charge in [-0.3, -0.25) is 4.79 Å². The molecule has 92 valence electrons. The first-order chi connectivity index (χ1) is 8.42. The van der Waals surface area contributed by atoms with Gasteiger partial charge in [0.2, 0.25) is 0 Å². The van der Waals surface area contributed by atoms with Crippen LogP contribution >= 0.6 is 0 Å². The molecule has 17 heavy (non-hydrogen) atoms. The molecule has 0 bridgehead atoms. The summed E-state index contributed by atoms with van der Waals surface area (Å²) in [5.74, 6) is 0.875. The third-order valence-electron chi connectivity index (χ3n) is 3.48. The smallest absolute Gasteiger partial charge is 0.293 e. The van der Waals surface area contributed by atoms with Gasteiger partial charge in [-0.25, -0.2) is 0 Å². The third kappa shape index (κ3) is 3.30. The molecule has 0 aliphatic carbocycles. The fourth-order valence-corrected chi connectivity index (χ4v) is 2.57. The molecule has 1 aromatic rings. The van der Waals surface area contributed by atoms with Crippen LogP contribution in [0.4, 0.5) is 0 Å². The van der Waals surface area contributed by atoms with Crippen molar-refractivity contribution >= 4 is 6.47 Å². The molecule has 1 aliphatic rings. The molecule has 0 aromatic heterocycles. The molecule has 0 spiro atoms. The second kappa shape index (κ2) is 6.40. The van der Waals surface area contributed by atoms with Crippen LogP contribution in [0.25, 0.3) is 0 Å². The van der Waals surface area contributed by atoms with E-state index >= 15 is 0 Å². The zero-order valence-electron chi connectivity index (χ0n) is 9.97. The first-order valence-corrected chi connectivity index (χ1v) is 6.22. The maximum atomic E-state index is 10.4. The molecule has 1 aromatic carbocycles. The number of hydrogen-bond donors (Lipinski definition) is 1. The molecule has 1 aliphatic heterocycles. The van der Waals surface area contributed by atoms with E-state index in [1.54, 1.807) is 0 Å². The van der Waals surface area contributed by atoms with Crippen molar-refractivity contribution in [3.63, 3.8) is 0 Å². The number of hydrogen-bond acceptors (Lipinski definition) is 3. The van der Waals surface area contributed by atoms with Crippen LogP contribution < -0.4 is 5.32 Å². The van der Waals surface area contributed by atoms with Gasteiger partial charge in [0.05, 0.1) is 6.61 Å². The summed E-state index contributed by atoms with van der Waals surface area (Å²) in [4.78, 5) is 10.4. The number of rotatable bonds is 5. The summed E-state index contributed by atoms with van der Waals surface area (Å²) in [5, 5.41) is 3.42. The van der Waals surface area contributed by atoms with Crippen molar-refractivity contribution in [1.82, 2.24) is 5.32 Å². The van der Waals surface area contributed by atoms with Crippen LogP contribution in [0.5, 0.6) is 0 Å². The average molecular weight is 233 g/mol. The highest BCUT2D eigenvalue weighted by molar-refractivity contribution is 5.37. The van der Waals surface area contributed by atoms with Crippen LogP contribution in [0.15, 0.2) is 30.3 Å². The van der Waals surface area contributed by atoms with E-state index in [4.69, 9.17) is 4.74 Å². The standard InChI is InChI=1S/C14H19NO2/c16-11-17-10-14(12-5-2-1-3-6-12)13-7-4-8-15-9-13/h1-3,5-6,11,13-15H,4,7-10H2. The van der Waals surface area contributed by atoms with E-state index in [-0.39, 0.29) is 0 Å². The normalized spacial score (nSPS) is 21.8. The Morgan fingerprint density at radius 3 is 2.88 bits per heavy atom. The van der Waals surface area contributed by atoms with E-state index in [0.717, 1.165) is 13.1 Å². The van der Waals surface area contributed by atoms with Gasteiger partial charge in [-0.15, -0.1) is 0 Å². The van der Waals surface area contributed by atoms with Crippen molar-refractivity contribution in [2.24, 2.45) is 5.92 Å².